The van der Waals surface area contributed by atoms with Crippen LogP contribution in [0.4, 0.5) is 0 Å². The normalized spacial score (nSPS) is 15.8. The van der Waals surface area contributed by atoms with E-state index in [9.17, 15) is 24.0 Å². The van der Waals surface area contributed by atoms with Gasteiger partial charge in [0.25, 0.3) is 0 Å². The number of rotatable bonds is 49. The minimum atomic E-state index is -0.406. The van der Waals surface area contributed by atoms with Gasteiger partial charge in [-0.2, -0.15) is 0 Å². The predicted octanol–water partition coefficient (Wildman–Crippen LogP) is 19.5. The van der Waals surface area contributed by atoms with Crippen molar-refractivity contribution in [2.24, 2.45) is 11.8 Å². The average molecular weight is 1320 g/mol. The minimum Gasteiger partial charge on any atom is -0.494 e. The Morgan fingerprint density at radius 2 is 0.723 bits per heavy atom. The lowest BCUT2D eigenvalue weighted by atomic mass is 9.77. The molecule has 2 aliphatic rings. The zero-order valence-corrected chi connectivity index (χ0v) is 59.3. The molecular formula is C79H126O15. The van der Waals surface area contributed by atoms with Crippen LogP contribution in [0.25, 0.3) is 0 Å². The molecule has 532 valence electrons. The summed E-state index contributed by atoms with van der Waals surface area (Å²) >= 11 is 0. The molecule has 0 unspecified atom stereocenters. The van der Waals surface area contributed by atoms with Crippen LogP contribution in [0.2, 0.25) is 0 Å². The first-order chi connectivity index (χ1) is 46.0. The Morgan fingerprint density at radius 1 is 0.362 bits per heavy atom. The van der Waals surface area contributed by atoms with Crippen LogP contribution in [0.1, 0.15) is 306 Å². The van der Waals surface area contributed by atoms with Gasteiger partial charge in [0.15, 0.2) is 0 Å². The fourth-order valence-electron chi connectivity index (χ4n) is 12.0. The molecule has 1 N–H and O–H groups in total. The van der Waals surface area contributed by atoms with Crippen molar-refractivity contribution < 1.29 is 71.7 Å². The molecule has 2 aliphatic carbocycles. The molecule has 0 heterocycles. The van der Waals surface area contributed by atoms with Gasteiger partial charge in [0.2, 0.25) is 0 Å². The summed E-state index contributed by atoms with van der Waals surface area (Å²) < 4.78 is 49.1. The van der Waals surface area contributed by atoms with Crippen LogP contribution in [-0.4, -0.2) is 101 Å². The van der Waals surface area contributed by atoms with Crippen LogP contribution in [-0.2, 0) is 42.9 Å². The van der Waals surface area contributed by atoms with E-state index in [1.54, 1.807) is 26.0 Å². The van der Waals surface area contributed by atoms with Crippen molar-refractivity contribution in [3.8, 4) is 23.0 Å². The Morgan fingerprint density at radius 3 is 1.13 bits per heavy atom. The fourth-order valence-corrected chi connectivity index (χ4v) is 12.0. The zero-order chi connectivity index (χ0) is 67.9. The first-order valence-electron chi connectivity index (χ1n) is 37.2. The predicted molar refractivity (Wildman–Crippen MR) is 375 cm³/mol. The van der Waals surface area contributed by atoms with Crippen molar-refractivity contribution in [1.29, 1.82) is 0 Å². The molecule has 3 aromatic carbocycles. The van der Waals surface area contributed by atoms with E-state index >= 15 is 0 Å². The molecule has 0 saturated heterocycles. The van der Waals surface area contributed by atoms with E-state index in [1.165, 1.54) is 101 Å². The molecule has 0 spiro atoms. The molecule has 15 nitrogen and oxygen atoms in total. The maximum absolute atomic E-state index is 12.8. The molecule has 3 aromatic rings. The summed E-state index contributed by atoms with van der Waals surface area (Å²) in [6.45, 7) is 17.0. The van der Waals surface area contributed by atoms with Gasteiger partial charge in [0.05, 0.1) is 72.3 Å². The number of unbranched alkanes of at least 4 members (excludes halogenated alkanes) is 15. The van der Waals surface area contributed by atoms with Crippen molar-refractivity contribution in [1.82, 2.24) is 0 Å². The Bertz CT molecular complexity index is 2370. The largest absolute Gasteiger partial charge is 0.494 e. The first kappa shape index (κ1) is 82.4. The number of hydrogen-bond acceptors (Lipinski definition) is 15. The highest BCUT2D eigenvalue weighted by atomic mass is 16.6. The van der Waals surface area contributed by atoms with Gasteiger partial charge in [-0.3, -0.25) is 19.2 Å². The molecule has 0 radical (unpaired) electrons. The molecule has 2 saturated carbocycles. The van der Waals surface area contributed by atoms with Gasteiger partial charge in [-0.15, -0.1) is 0 Å². The average Bonchev–Trinajstić information content (AvgIpc) is 0.946. The molecule has 0 amide bonds. The number of carbonyl (C=O) groups is 5. The molecule has 15 heteroatoms. The summed E-state index contributed by atoms with van der Waals surface area (Å²) in [6, 6.07) is 22.9. The number of ether oxygens (including phenoxy) is 9. The Labute approximate surface area is 567 Å². The smallest absolute Gasteiger partial charge is 0.342 e. The maximum atomic E-state index is 12.8. The Hall–Kier alpha value is -5.83. The van der Waals surface area contributed by atoms with E-state index in [2.05, 4.69) is 69.3 Å². The summed E-state index contributed by atoms with van der Waals surface area (Å²) in [7, 11) is 0. The lowest BCUT2D eigenvalue weighted by Crippen LogP contribution is -2.13. The number of esters is 5. The quantitative estimate of drug-likeness (QED) is 0.0319. The zero-order valence-electron chi connectivity index (χ0n) is 59.3. The van der Waals surface area contributed by atoms with E-state index < -0.39 is 5.97 Å². The third kappa shape index (κ3) is 39.9. The molecule has 2 fully saturated rings. The summed E-state index contributed by atoms with van der Waals surface area (Å²) in [5, 5.41) is 8.86. The van der Waals surface area contributed by atoms with Gasteiger partial charge in [0.1, 0.15) is 28.6 Å². The maximum Gasteiger partial charge on any atom is 0.342 e. The molecule has 0 bridgehead atoms. The van der Waals surface area contributed by atoms with E-state index in [1.807, 2.05) is 13.0 Å². The second-order valence-corrected chi connectivity index (χ2v) is 25.5. The lowest BCUT2D eigenvalue weighted by molar-refractivity contribution is -0.150. The van der Waals surface area contributed by atoms with Crippen molar-refractivity contribution >= 4 is 29.8 Å². The van der Waals surface area contributed by atoms with Crippen molar-refractivity contribution in [2.75, 3.05) is 66.1 Å². The van der Waals surface area contributed by atoms with Crippen LogP contribution in [0.5, 0.6) is 23.0 Å². The molecule has 0 atom stereocenters. The molecule has 0 aliphatic heterocycles. The van der Waals surface area contributed by atoms with Crippen LogP contribution in [0.3, 0.4) is 0 Å². The second-order valence-electron chi connectivity index (χ2n) is 25.5. The highest BCUT2D eigenvalue weighted by Gasteiger charge is 2.24. The Balaban J connectivity index is 0.000000370. The molecule has 5 rings (SSSR count). The van der Waals surface area contributed by atoms with Gasteiger partial charge >= 0.3 is 29.8 Å². The minimum absolute atomic E-state index is 0.0884. The number of hydrogen-bond donors (Lipinski definition) is 1. The number of aliphatic hydroxyl groups is 1. The van der Waals surface area contributed by atoms with Crippen LogP contribution in [0, 0.1) is 11.8 Å². The monoisotopic (exact) mass is 1310 g/mol. The standard InChI is InChI=1S/C28H46O7.C27H42O5.C24H38O3/c1-3-5-6-12-19-32-24-16-17-26(33-20-13-9-10-14-21-34-27(30)4-2)25(23-24)28(31)35-22-15-8-7-11-18-29;1-3-9-22-10-12-23(13-11-22)24-14-16-25(17-15-24)31-20-7-5-6-8-21-32-27(29)19-18-26(28)30-4-2;1-3-9-20-10-12-21(13-11-20)22-14-16-23(17-15-22)26-18-7-5-6-8-19-27-24(25)4-2/h16-17,23,29H,3-15,18-22H2,1-2H3;14-17,22-23H,3-13,18-21H2,1-2H3;14-17,20-21H,3-13,18-19H2,1-2H3. The van der Waals surface area contributed by atoms with Crippen LogP contribution in [0.15, 0.2) is 66.7 Å². The van der Waals surface area contributed by atoms with Gasteiger partial charge in [0, 0.05) is 19.4 Å². The third-order valence-electron chi connectivity index (χ3n) is 17.6. The van der Waals surface area contributed by atoms with Crippen LogP contribution < -0.4 is 18.9 Å². The van der Waals surface area contributed by atoms with Crippen molar-refractivity contribution in [2.45, 2.75) is 285 Å². The highest BCUT2D eigenvalue weighted by molar-refractivity contribution is 5.93. The summed E-state index contributed by atoms with van der Waals surface area (Å²) in [5.74, 6) is 5.10. The third-order valence-corrected chi connectivity index (χ3v) is 17.6. The van der Waals surface area contributed by atoms with Gasteiger partial charge < -0.3 is 47.7 Å². The van der Waals surface area contributed by atoms with E-state index in [0.29, 0.717) is 82.8 Å². The second kappa shape index (κ2) is 55.3. The SMILES string of the molecule is CCCC1CCC(c2ccc(OCCCCCCOC(=O)CC)cc2)CC1.CCCC1CCC(c2ccc(OCCCCCCOC(=O)CCC(=O)OCC)cc2)CC1.CCCCCCOc1ccc(OCCCCCCOC(=O)CC)c(C(=O)OCCCCCCO)c1. The number of carbonyl (C=O) groups excluding carboxylic acids is 5. The van der Waals surface area contributed by atoms with Gasteiger partial charge in [-0.05, 0) is 238 Å². The topological polar surface area (TPSA) is 189 Å². The fraction of sp³-hybridized carbons (Fsp3) is 0.709. The summed E-state index contributed by atoms with van der Waals surface area (Å²) in [5.41, 5.74) is 3.33. The highest BCUT2D eigenvalue weighted by Crippen LogP contribution is 2.39. The molecule has 0 aromatic heterocycles. The number of benzene rings is 3. The summed E-state index contributed by atoms with van der Waals surface area (Å²) in [6.07, 6.45) is 36.9. The lowest BCUT2D eigenvalue weighted by Gasteiger charge is -2.28. The van der Waals surface area contributed by atoms with Gasteiger partial charge in [-0.25, -0.2) is 4.79 Å². The van der Waals surface area contributed by atoms with E-state index in [-0.39, 0.29) is 43.3 Å². The Kier molecular flexibility index (Phi) is 48.5. The molecule has 94 heavy (non-hydrogen) atoms. The van der Waals surface area contributed by atoms with E-state index in [0.717, 1.165) is 157 Å². The van der Waals surface area contributed by atoms with Crippen molar-refractivity contribution in [3.63, 3.8) is 0 Å². The van der Waals surface area contributed by atoms with Crippen molar-refractivity contribution in [3.05, 3.63) is 83.4 Å². The van der Waals surface area contributed by atoms with E-state index in [4.69, 9.17) is 47.7 Å². The van der Waals surface area contributed by atoms with Crippen LogP contribution >= 0.6 is 0 Å². The number of aliphatic hydroxyl groups excluding tert-OH is 1. The van der Waals surface area contributed by atoms with Gasteiger partial charge in [-0.1, -0.05) is 110 Å². The molecular weight excluding hydrogens is 1190 g/mol. The summed E-state index contributed by atoms with van der Waals surface area (Å²) in [4.78, 5) is 57.7. The first-order valence-corrected chi connectivity index (χ1v) is 37.2.